The number of aryl methyl sites for hydroxylation is 1. The van der Waals surface area contributed by atoms with Crippen LogP contribution in [0.2, 0.25) is 0 Å². The number of thiazole rings is 1. The SMILES string of the molecule is NCCCc1nc(CC(=O)N2CCCCCC2)cs1. The molecule has 0 saturated carbocycles. The van der Waals surface area contributed by atoms with Gasteiger partial charge >= 0.3 is 0 Å². The molecule has 0 aromatic carbocycles. The van der Waals surface area contributed by atoms with Gasteiger partial charge in [0.1, 0.15) is 0 Å². The van der Waals surface area contributed by atoms with Crippen LogP contribution in [0.5, 0.6) is 0 Å². The highest BCUT2D eigenvalue weighted by Crippen LogP contribution is 2.15. The quantitative estimate of drug-likeness (QED) is 0.898. The Labute approximate surface area is 119 Å². The van der Waals surface area contributed by atoms with Crippen molar-refractivity contribution in [2.24, 2.45) is 5.73 Å². The van der Waals surface area contributed by atoms with Crippen molar-refractivity contribution in [1.29, 1.82) is 0 Å². The van der Waals surface area contributed by atoms with Gasteiger partial charge in [0.15, 0.2) is 0 Å². The zero-order chi connectivity index (χ0) is 13.5. The van der Waals surface area contributed by atoms with Crippen molar-refractivity contribution >= 4 is 17.2 Å². The summed E-state index contributed by atoms with van der Waals surface area (Å²) in [6.45, 7) is 2.54. The van der Waals surface area contributed by atoms with Gasteiger partial charge < -0.3 is 10.6 Å². The zero-order valence-corrected chi connectivity index (χ0v) is 12.3. The summed E-state index contributed by atoms with van der Waals surface area (Å²) in [5.74, 6) is 0.234. The highest BCUT2D eigenvalue weighted by atomic mass is 32.1. The summed E-state index contributed by atoms with van der Waals surface area (Å²) in [5.41, 5.74) is 6.41. The van der Waals surface area contributed by atoms with Crippen LogP contribution < -0.4 is 5.73 Å². The second kappa shape index (κ2) is 7.60. The van der Waals surface area contributed by atoms with Crippen LogP contribution in [0.25, 0.3) is 0 Å². The number of hydrogen-bond donors (Lipinski definition) is 1. The Kier molecular flexibility index (Phi) is 5.79. The molecule has 0 radical (unpaired) electrons. The van der Waals surface area contributed by atoms with Crippen LogP contribution in [-0.2, 0) is 17.6 Å². The predicted octanol–water partition coefficient (Wildman–Crippen LogP) is 1.98. The summed E-state index contributed by atoms with van der Waals surface area (Å²) in [5, 5.41) is 3.12. The molecule has 5 heteroatoms. The monoisotopic (exact) mass is 281 g/mol. The molecule has 1 aromatic heterocycles. The Morgan fingerprint density at radius 3 is 2.74 bits per heavy atom. The Morgan fingerprint density at radius 2 is 2.05 bits per heavy atom. The molecule has 2 heterocycles. The second-order valence-electron chi connectivity index (χ2n) is 5.10. The average molecular weight is 281 g/mol. The number of nitrogens with zero attached hydrogens (tertiary/aromatic N) is 2. The maximum absolute atomic E-state index is 12.2. The lowest BCUT2D eigenvalue weighted by Gasteiger charge is -2.19. The lowest BCUT2D eigenvalue weighted by atomic mass is 10.2. The maximum Gasteiger partial charge on any atom is 0.228 e. The molecule has 1 aliphatic rings. The lowest BCUT2D eigenvalue weighted by molar-refractivity contribution is -0.130. The molecule has 0 unspecified atom stereocenters. The number of amides is 1. The van der Waals surface area contributed by atoms with E-state index in [0.29, 0.717) is 13.0 Å². The Balaban J connectivity index is 1.85. The molecule has 1 fully saturated rings. The molecular formula is C14H23N3OS. The van der Waals surface area contributed by atoms with Gasteiger partial charge in [0.25, 0.3) is 0 Å². The summed E-state index contributed by atoms with van der Waals surface area (Å²) >= 11 is 1.64. The third-order valence-corrected chi connectivity index (χ3v) is 4.44. The lowest BCUT2D eigenvalue weighted by Crippen LogP contribution is -2.33. The number of nitrogens with two attached hydrogens (primary N) is 1. The molecule has 1 saturated heterocycles. The molecule has 1 amide bonds. The molecule has 0 atom stereocenters. The third-order valence-electron chi connectivity index (χ3n) is 3.49. The number of aromatic nitrogens is 1. The van der Waals surface area contributed by atoms with Crippen LogP contribution in [0.1, 0.15) is 42.8 Å². The standard InChI is InChI=1S/C14H23N3OS/c15-7-5-6-13-16-12(11-19-13)10-14(18)17-8-3-1-2-4-9-17/h11H,1-10,15H2. The highest BCUT2D eigenvalue weighted by molar-refractivity contribution is 7.09. The highest BCUT2D eigenvalue weighted by Gasteiger charge is 2.16. The van der Waals surface area contributed by atoms with E-state index < -0.39 is 0 Å². The van der Waals surface area contributed by atoms with Crippen molar-refractivity contribution in [3.8, 4) is 0 Å². The summed E-state index contributed by atoms with van der Waals surface area (Å²) in [6.07, 6.45) is 7.15. The average Bonchev–Trinajstić information content (AvgIpc) is 2.68. The topological polar surface area (TPSA) is 59.2 Å². The first-order chi connectivity index (χ1) is 9.29. The number of carbonyl (C=O) groups is 1. The van der Waals surface area contributed by atoms with Gasteiger partial charge in [-0.2, -0.15) is 0 Å². The number of hydrogen-bond acceptors (Lipinski definition) is 4. The molecule has 0 bridgehead atoms. The number of rotatable bonds is 5. The van der Waals surface area contributed by atoms with Crippen molar-refractivity contribution in [3.05, 3.63) is 16.1 Å². The summed E-state index contributed by atoms with van der Waals surface area (Å²) < 4.78 is 0. The van der Waals surface area contributed by atoms with Crippen LogP contribution in [-0.4, -0.2) is 35.4 Å². The van der Waals surface area contributed by atoms with E-state index in [4.69, 9.17) is 5.73 Å². The van der Waals surface area contributed by atoms with Gasteiger partial charge in [-0.1, -0.05) is 12.8 Å². The van der Waals surface area contributed by atoms with Crippen molar-refractivity contribution in [2.45, 2.75) is 44.9 Å². The van der Waals surface area contributed by atoms with Gasteiger partial charge in [-0.15, -0.1) is 11.3 Å². The fourth-order valence-corrected chi connectivity index (χ4v) is 3.23. The third kappa shape index (κ3) is 4.58. The molecule has 2 rings (SSSR count). The molecule has 106 valence electrons. The van der Waals surface area contributed by atoms with Gasteiger partial charge in [-0.3, -0.25) is 4.79 Å². The van der Waals surface area contributed by atoms with Gasteiger partial charge in [-0.25, -0.2) is 4.98 Å². The first-order valence-electron chi connectivity index (χ1n) is 7.20. The minimum atomic E-state index is 0.234. The minimum absolute atomic E-state index is 0.234. The maximum atomic E-state index is 12.2. The molecule has 19 heavy (non-hydrogen) atoms. The normalized spacial score (nSPS) is 16.4. The van der Waals surface area contributed by atoms with E-state index in [1.165, 1.54) is 12.8 Å². The van der Waals surface area contributed by atoms with Gasteiger partial charge in [0.05, 0.1) is 17.1 Å². The van der Waals surface area contributed by atoms with Crippen molar-refractivity contribution in [3.63, 3.8) is 0 Å². The van der Waals surface area contributed by atoms with Crippen molar-refractivity contribution in [1.82, 2.24) is 9.88 Å². The molecule has 1 aliphatic heterocycles. The van der Waals surface area contributed by atoms with E-state index >= 15 is 0 Å². The van der Waals surface area contributed by atoms with Gasteiger partial charge in [-0.05, 0) is 25.8 Å². The van der Waals surface area contributed by atoms with Gasteiger partial charge in [0.2, 0.25) is 5.91 Å². The van der Waals surface area contributed by atoms with E-state index in [-0.39, 0.29) is 5.91 Å². The first kappa shape index (κ1) is 14.5. The fraction of sp³-hybridized carbons (Fsp3) is 0.714. The molecule has 4 nitrogen and oxygen atoms in total. The van der Waals surface area contributed by atoms with E-state index in [0.717, 1.165) is 49.5 Å². The summed E-state index contributed by atoms with van der Waals surface area (Å²) in [4.78, 5) is 18.7. The second-order valence-corrected chi connectivity index (χ2v) is 6.04. The Hall–Kier alpha value is -0.940. The van der Waals surface area contributed by atoms with Crippen molar-refractivity contribution in [2.75, 3.05) is 19.6 Å². The molecule has 2 N–H and O–H groups in total. The van der Waals surface area contributed by atoms with Crippen LogP contribution in [0.3, 0.4) is 0 Å². The Morgan fingerprint density at radius 1 is 1.32 bits per heavy atom. The van der Waals surface area contributed by atoms with Crippen LogP contribution >= 0.6 is 11.3 Å². The largest absolute Gasteiger partial charge is 0.342 e. The van der Waals surface area contributed by atoms with Crippen LogP contribution in [0.4, 0.5) is 0 Å². The van der Waals surface area contributed by atoms with Crippen LogP contribution in [0.15, 0.2) is 5.38 Å². The molecule has 1 aromatic rings. The van der Waals surface area contributed by atoms with Gasteiger partial charge in [0, 0.05) is 24.9 Å². The van der Waals surface area contributed by atoms with E-state index in [9.17, 15) is 4.79 Å². The molecule has 0 aliphatic carbocycles. The van der Waals surface area contributed by atoms with Crippen LogP contribution in [0, 0.1) is 0 Å². The van der Waals surface area contributed by atoms with E-state index in [1.807, 2.05) is 10.3 Å². The summed E-state index contributed by atoms with van der Waals surface area (Å²) in [6, 6.07) is 0. The molecule has 0 spiro atoms. The predicted molar refractivity (Wildman–Crippen MR) is 78.2 cm³/mol. The smallest absolute Gasteiger partial charge is 0.228 e. The summed E-state index contributed by atoms with van der Waals surface area (Å²) in [7, 11) is 0. The number of likely N-dealkylation sites (tertiary alicyclic amines) is 1. The molecular weight excluding hydrogens is 258 g/mol. The minimum Gasteiger partial charge on any atom is -0.342 e. The fourth-order valence-electron chi connectivity index (χ4n) is 2.39. The Bertz CT molecular complexity index is 397. The number of carbonyl (C=O) groups excluding carboxylic acids is 1. The van der Waals surface area contributed by atoms with Crippen molar-refractivity contribution < 1.29 is 4.79 Å². The van der Waals surface area contributed by atoms with E-state index in [1.54, 1.807) is 11.3 Å². The first-order valence-corrected chi connectivity index (χ1v) is 8.08. The van der Waals surface area contributed by atoms with E-state index in [2.05, 4.69) is 4.98 Å². The zero-order valence-electron chi connectivity index (χ0n) is 11.4.